The Morgan fingerprint density at radius 1 is 1.04 bits per heavy atom. The fraction of sp³-hybridized carbons (Fsp3) is 0.263. The quantitative estimate of drug-likeness (QED) is 0.785. The minimum absolute atomic E-state index is 0.108. The Bertz CT molecular complexity index is 847. The number of piperazine rings is 1. The topological polar surface area (TPSA) is 94.6 Å². The molecule has 2 aromatic rings. The Kier molecular flexibility index (Phi) is 5.65. The van der Waals surface area contributed by atoms with Crippen LogP contribution in [0, 0.1) is 0 Å². The van der Waals surface area contributed by atoms with E-state index in [-0.39, 0.29) is 11.8 Å². The monoisotopic (exact) mass is 367 g/mol. The molecule has 8 heteroatoms. The molecule has 2 heterocycles. The van der Waals surface area contributed by atoms with E-state index in [0.717, 1.165) is 12.1 Å². The molecule has 1 aliphatic heterocycles. The lowest BCUT2D eigenvalue weighted by Crippen LogP contribution is -2.48. The second-order valence-corrected chi connectivity index (χ2v) is 6.28. The summed E-state index contributed by atoms with van der Waals surface area (Å²) in [6, 6.07) is 9.02. The largest absolute Gasteiger partial charge is 0.354 e. The maximum absolute atomic E-state index is 12.7. The van der Waals surface area contributed by atoms with E-state index in [1.807, 2.05) is 12.1 Å². The molecule has 1 aliphatic rings. The maximum Gasteiger partial charge on any atom is 0.255 e. The lowest BCUT2D eigenvalue weighted by atomic mass is 10.2. The van der Waals surface area contributed by atoms with Gasteiger partial charge >= 0.3 is 0 Å². The van der Waals surface area contributed by atoms with Crippen LogP contribution in [0.1, 0.15) is 17.3 Å². The number of benzene rings is 1. The summed E-state index contributed by atoms with van der Waals surface area (Å²) >= 11 is 0. The second-order valence-electron chi connectivity index (χ2n) is 6.28. The van der Waals surface area contributed by atoms with Crippen LogP contribution in [0.3, 0.4) is 0 Å². The Labute approximate surface area is 157 Å². The van der Waals surface area contributed by atoms with Crippen LogP contribution in [0.4, 0.5) is 17.1 Å². The second kappa shape index (κ2) is 8.31. The average Bonchev–Trinajstić information content (AvgIpc) is 2.67. The third kappa shape index (κ3) is 4.81. The predicted octanol–water partition coefficient (Wildman–Crippen LogP) is 1.70. The minimum Gasteiger partial charge on any atom is -0.354 e. The third-order valence-corrected chi connectivity index (χ3v) is 4.21. The van der Waals surface area contributed by atoms with Crippen LogP contribution < -0.4 is 10.6 Å². The molecule has 1 fully saturated rings. The first-order valence-corrected chi connectivity index (χ1v) is 8.63. The molecule has 8 nitrogen and oxygen atoms in total. The van der Waals surface area contributed by atoms with Crippen molar-refractivity contribution in [1.82, 2.24) is 14.8 Å². The third-order valence-electron chi connectivity index (χ3n) is 4.21. The zero-order chi connectivity index (χ0) is 19.2. The van der Waals surface area contributed by atoms with E-state index >= 15 is 0 Å². The van der Waals surface area contributed by atoms with Crippen LogP contribution in [0.15, 0.2) is 42.7 Å². The van der Waals surface area contributed by atoms with Gasteiger partial charge in [0.25, 0.3) is 5.91 Å². The highest BCUT2D eigenvalue weighted by atomic mass is 16.2. The summed E-state index contributed by atoms with van der Waals surface area (Å²) in [7, 11) is 0. The highest BCUT2D eigenvalue weighted by molar-refractivity contribution is 5.95. The molecule has 140 valence electrons. The molecule has 0 bridgehead atoms. The summed E-state index contributed by atoms with van der Waals surface area (Å²) in [5.41, 5.74) is 2.61. The molecule has 1 aromatic carbocycles. The smallest absolute Gasteiger partial charge is 0.255 e. The van der Waals surface area contributed by atoms with Gasteiger partial charge in [0.2, 0.25) is 12.3 Å². The van der Waals surface area contributed by atoms with Gasteiger partial charge in [0, 0.05) is 50.7 Å². The number of anilines is 3. The van der Waals surface area contributed by atoms with E-state index in [2.05, 4.69) is 15.6 Å². The molecular weight excluding hydrogens is 346 g/mol. The molecule has 3 amide bonds. The Morgan fingerprint density at radius 3 is 2.48 bits per heavy atom. The number of hydrogen-bond donors (Lipinski definition) is 2. The van der Waals surface area contributed by atoms with Crippen LogP contribution in [0.5, 0.6) is 0 Å². The van der Waals surface area contributed by atoms with E-state index in [1.54, 1.807) is 34.2 Å². The van der Waals surface area contributed by atoms with Crippen molar-refractivity contribution in [2.24, 2.45) is 0 Å². The van der Waals surface area contributed by atoms with E-state index in [1.165, 1.54) is 13.1 Å². The van der Waals surface area contributed by atoms with Gasteiger partial charge in [-0.15, -0.1) is 0 Å². The first kappa shape index (κ1) is 18.4. The number of nitrogens with zero attached hydrogens (tertiary/aromatic N) is 3. The molecule has 3 rings (SSSR count). The van der Waals surface area contributed by atoms with Crippen molar-refractivity contribution in [2.45, 2.75) is 6.92 Å². The van der Waals surface area contributed by atoms with Crippen molar-refractivity contribution in [3.05, 3.63) is 48.3 Å². The maximum atomic E-state index is 12.7. The molecule has 0 atom stereocenters. The number of carbonyl (C=O) groups is 3. The first-order valence-electron chi connectivity index (χ1n) is 8.63. The van der Waals surface area contributed by atoms with Gasteiger partial charge in [-0.05, 0) is 24.3 Å². The van der Waals surface area contributed by atoms with Crippen molar-refractivity contribution in [3.63, 3.8) is 0 Å². The van der Waals surface area contributed by atoms with E-state index in [4.69, 9.17) is 0 Å². The van der Waals surface area contributed by atoms with Crippen LogP contribution in [0.2, 0.25) is 0 Å². The standard InChI is InChI=1S/C19H21N5O3/c1-14(26)21-16-3-2-4-17(10-16)22-18-9-15(11-20-12-18)19(27)24-7-5-23(13-25)6-8-24/h2-4,9-13,22H,5-8H2,1H3,(H,21,26). The number of hydrogen-bond acceptors (Lipinski definition) is 5. The van der Waals surface area contributed by atoms with Gasteiger partial charge < -0.3 is 20.4 Å². The molecule has 27 heavy (non-hydrogen) atoms. The zero-order valence-electron chi connectivity index (χ0n) is 15.0. The summed E-state index contributed by atoms with van der Waals surface area (Å²) in [6.45, 7) is 3.54. The lowest BCUT2D eigenvalue weighted by molar-refractivity contribution is -0.119. The number of rotatable bonds is 5. The minimum atomic E-state index is -0.143. The van der Waals surface area contributed by atoms with Crippen LogP contribution in [-0.2, 0) is 9.59 Å². The molecule has 0 radical (unpaired) electrons. The molecule has 0 spiro atoms. The van der Waals surface area contributed by atoms with E-state index in [0.29, 0.717) is 43.1 Å². The molecule has 0 saturated carbocycles. The number of amides is 3. The Hall–Kier alpha value is -3.42. The SMILES string of the molecule is CC(=O)Nc1cccc(Nc2cncc(C(=O)N3CCN(C=O)CC3)c2)c1. The predicted molar refractivity (Wildman–Crippen MR) is 102 cm³/mol. The normalized spacial score (nSPS) is 13.8. The highest BCUT2D eigenvalue weighted by Gasteiger charge is 2.21. The molecule has 1 saturated heterocycles. The van der Waals surface area contributed by atoms with Gasteiger partial charge in [-0.2, -0.15) is 0 Å². The van der Waals surface area contributed by atoms with Gasteiger partial charge in [0.15, 0.2) is 0 Å². The van der Waals surface area contributed by atoms with Gasteiger partial charge in [-0.3, -0.25) is 19.4 Å². The number of aromatic nitrogens is 1. The van der Waals surface area contributed by atoms with Crippen LogP contribution in [-0.4, -0.2) is 59.2 Å². The number of nitrogens with one attached hydrogen (secondary N) is 2. The Morgan fingerprint density at radius 2 is 1.78 bits per heavy atom. The fourth-order valence-electron chi connectivity index (χ4n) is 2.88. The summed E-state index contributed by atoms with van der Waals surface area (Å²) in [4.78, 5) is 42.2. The van der Waals surface area contributed by atoms with Crippen molar-refractivity contribution >= 4 is 35.3 Å². The fourth-order valence-corrected chi connectivity index (χ4v) is 2.88. The van der Waals surface area contributed by atoms with Crippen molar-refractivity contribution in [3.8, 4) is 0 Å². The summed E-state index contributed by atoms with van der Waals surface area (Å²) in [5, 5.41) is 5.92. The number of pyridine rings is 1. The average molecular weight is 367 g/mol. The highest BCUT2D eigenvalue weighted by Crippen LogP contribution is 2.21. The lowest BCUT2D eigenvalue weighted by Gasteiger charge is -2.32. The summed E-state index contributed by atoms with van der Waals surface area (Å²) < 4.78 is 0. The zero-order valence-corrected chi connectivity index (χ0v) is 15.0. The molecule has 0 aliphatic carbocycles. The van der Waals surface area contributed by atoms with E-state index < -0.39 is 0 Å². The summed E-state index contributed by atoms with van der Waals surface area (Å²) in [5.74, 6) is -0.250. The first-order chi connectivity index (χ1) is 13.0. The Balaban J connectivity index is 1.69. The number of carbonyl (C=O) groups excluding carboxylic acids is 3. The molecule has 1 aromatic heterocycles. The molecule has 0 unspecified atom stereocenters. The molecular formula is C19H21N5O3. The van der Waals surface area contributed by atoms with Gasteiger partial charge in [0.1, 0.15) is 0 Å². The van der Waals surface area contributed by atoms with Crippen LogP contribution >= 0.6 is 0 Å². The van der Waals surface area contributed by atoms with Gasteiger partial charge in [0.05, 0.1) is 17.4 Å². The van der Waals surface area contributed by atoms with Crippen molar-refractivity contribution in [1.29, 1.82) is 0 Å². The van der Waals surface area contributed by atoms with Gasteiger partial charge in [-0.1, -0.05) is 6.07 Å². The van der Waals surface area contributed by atoms with Gasteiger partial charge in [-0.25, -0.2) is 0 Å². The summed E-state index contributed by atoms with van der Waals surface area (Å²) in [6.07, 6.45) is 3.97. The molecule has 2 N–H and O–H groups in total. The van der Waals surface area contributed by atoms with Crippen molar-refractivity contribution in [2.75, 3.05) is 36.8 Å². The van der Waals surface area contributed by atoms with E-state index in [9.17, 15) is 14.4 Å². The van der Waals surface area contributed by atoms with Crippen molar-refractivity contribution < 1.29 is 14.4 Å². The van der Waals surface area contributed by atoms with Crippen LogP contribution in [0.25, 0.3) is 0 Å².